The lowest BCUT2D eigenvalue weighted by molar-refractivity contribution is 0.185. The summed E-state index contributed by atoms with van der Waals surface area (Å²) in [5, 5.41) is 18.4. The molecule has 0 radical (unpaired) electrons. The second-order valence-corrected chi connectivity index (χ2v) is 13.4. The summed E-state index contributed by atoms with van der Waals surface area (Å²) in [5.41, 5.74) is 32.4. The minimum atomic E-state index is -0.269. The molecule has 13 nitrogen and oxygen atoms in total. The zero-order chi connectivity index (χ0) is 37.8. The van der Waals surface area contributed by atoms with Crippen LogP contribution in [0.5, 0.6) is 0 Å². The number of rotatable bonds is 20. The van der Waals surface area contributed by atoms with Crippen molar-refractivity contribution in [3.05, 3.63) is 0 Å². The Hall–Kier alpha value is -0.520. The quantitative estimate of drug-likeness (QED) is 0.0629. The number of aliphatic hydroxyl groups is 1. The molecule has 0 saturated carbocycles. The van der Waals surface area contributed by atoms with Gasteiger partial charge in [0.05, 0.1) is 6.10 Å². The maximum Gasteiger partial charge on any atom is 0.0650 e. The number of hydrogen-bond acceptors (Lipinski definition) is 13. The first-order chi connectivity index (χ1) is 24.4. The van der Waals surface area contributed by atoms with Gasteiger partial charge in [0.1, 0.15) is 0 Å². The number of unbranched alkanes of at least 4 members (excludes halogenated alkanes) is 9. The Labute approximate surface area is 311 Å². The third kappa shape index (κ3) is 49.6. The van der Waals surface area contributed by atoms with Crippen molar-refractivity contribution in [3.63, 3.8) is 0 Å². The number of nitrogens with one attached hydrogen (secondary N) is 5. The Bertz CT molecular complexity index is 548. The van der Waals surface area contributed by atoms with Crippen LogP contribution in [0.4, 0.5) is 0 Å². The van der Waals surface area contributed by atoms with E-state index in [0.29, 0.717) is 12.6 Å². The fraction of sp³-hybridized carbons (Fsp3) is 1.00. The van der Waals surface area contributed by atoms with Crippen LogP contribution in [-0.2, 0) is 0 Å². The lowest BCUT2D eigenvalue weighted by atomic mass is 10.1. The van der Waals surface area contributed by atoms with Crippen LogP contribution < -0.4 is 55.5 Å². The Morgan fingerprint density at radius 1 is 0.600 bits per heavy atom. The Morgan fingerprint density at radius 3 is 1.42 bits per heavy atom. The van der Waals surface area contributed by atoms with Gasteiger partial charge in [0.25, 0.3) is 0 Å². The van der Waals surface area contributed by atoms with Gasteiger partial charge >= 0.3 is 0 Å². The number of hydrazine groups is 1. The van der Waals surface area contributed by atoms with E-state index in [0.717, 1.165) is 111 Å². The molecule has 2 atom stereocenters. The standard InChI is InChI=1S/C12H27N.C7H17N3.C6H15N3.C5H14N2O.C4H10N2.C3H9N/c1-2-3-4-5-6-7-8-9-10-11-12-13;8-2-1-5-10-6-3-9-4-7-10;7-1-4-9-5-2-8-3-6-9;1-3-6-7-4-5(2)8;5-4-1-2-6-3-4;1-2-3-4/h2-13H2,1H3;9H,1-8H2;8H,1-7H2;5-8H,3-4H2,1-2H3;4,6H,1-3,5H2;2-4H2,1H3. The molecule has 3 rings (SSSR count). The van der Waals surface area contributed by atoms with Crippen molar-refractivity contribution in [1.29, 1.82) is 0 Å². The highest BCUT2D eigenvalue weighted by atomic mass is 16.3. The average molecular weight is 721 g/mol. The smallest absolute Gasteiger partial charge is 0.0650 e. The molecule has 2 unspecified atom stereocenters. The van der Waals surface area contributed by atoms with Gasteiger partial charge in [0, 0.05) is 91.1 Å². The van der Waals surface area contributed by atoms with Gasteiger partial charge < -0.3 is 54.6 Å². The van der Waals surface area contributed by atoms with E-state index in [4.69, 9.17) is 33.8 Å². The molecule has 3 aliphatic heterocycles. The Morgan fingerprint density at radius 2 is 1.08 bits per heavy atom. The number of hydrogen-bond donors (Lipinski definition) is 11. The summed E-state index contributed by atoms with van der Waals surface area (Å²) in [4.78, 5) is 4.85. The molecular formula is C37H92N12O. The first-order valence-corrected chi connectivity index (χ1v) is 20.6. The van der Waals surface area contributed by atoms with Gasteiger partial charge in [-0.3, -0.25) is 15.8 Å². The predicted octanol–water partition coefficient (Wildman–Crippen LogP) is 1.10. The highest BCUT2D eigenvalue weighted by Gasteiger charge is 2.08. The number of nitrogens with two attached hydrogens (primary N) is 5. The van der Waals surface area contributed by atoms with E-state index < -0.39 is 0 Å². The zero-order valence-electron chi connectivity index (χ0n) is 33.8. The van der Waals surface area contributed by atoms with Crippen LogP contribution in [0, 0.1) is 0 Å². The molecule has 0 amide bonds. The molecule has 50 heavy (non-hydrogen) atoms. The molecule has 0 aromatic rings. The summed E-state index contributed by atoms with van der Waals surface area (Å²) in [7, 11) is 0. The van der Waals surface area contributed by atoms with Crippen molar-refractivity contribution in [3.8, 4) is 0 Å². The zero-order valence-corrected chi connectivity index (χ0v) is 33.8. The molecule has 3 heterocycles. The van der Waals surface area contributed by atoms with Crippen molar-refractivity contribution >= 4 is 0 Å². The Kier molecular flexibility index (Phi) is 52.2. The summed E-state index contributed by atoms with van der Waals surface area (Å²) < 4.78 is 0. The number of aliphatic hydroxyl groups excluding tert-OH is 1. The van der Waals surface area contributed by atoms with Crippen LogP contribution in [-0.4, -0.2) is 145 Å². The first kappa shape index (κ1) is 53.8. The molecular weight excluding hydrogens is 628 g/mol. The minimum Gasteiger partial charge on any atom is -0.392 e. The third-order valence-corrected chi connectivity index (χ3v) is 8.19. The fourth-order valence-electron chi connectivity index (χ4n) is 5.02. The van der Waals surface area contributed by atoms with E-state index in [9.17, 15) is 0 Å². The molecule has 0 aromatic heterocycles. The highest BCUT2D eigenvalue weighted by Crippen LogP contribution is 2.10. The van der Waals surface area contributed by atoms with E-state index in [2.05, 4.69) is 50.4 Å². The second-order valence-electron chi connectivity index (χ2n) is 13.4. The summed E-state index contributed by atoms with van der Waals surface area (Å²) in [6, 6.07) is 0.435. The molecule has 306 valence electrons. The van der Waals surface area contributed by atoms with Gasteiger partial charge in [-0.1, -0.05) is 78.6 Å². The van der Waals surface area contributed by atoms with Gasteiger partial charge in [0.2, 0.25) is 0 Å². The van der Waals surface area contributed by atoms with Crippen molar-refractivity contribution < 1.29 is 5.11 Å². The van der Waals surface area contributed by atoms with Crippen LogP contribution in [0.3, 0.4) is 0 Å². The fourth-order valence-corrected chi connectivity index (χ4v) is 5.02. The number of piperazine rings is 2. The van der Waals surface area contributed by atoms with Crippen LogP contribution in [0.1, 0.15) is 111 Å². The summed E-state index contributed by atoms with van der Waals surface area (Å²) in [6.45, 7) is 26.5. The normalized spacial score (nSPS) is 18.0. The molecule has 0 bridgehead atoms. The summed E-state index contributed by atoms with van der Waals surface area (Å²) in [6.07, 6.45) is 17.1. The Balaban J connectivity index is -0.000000546. The largest absolute Gasteiger partial charge is 0.392 e. The minimum absolute atomic E-state index is 0.269. The van der Waals surface area contributed by atoms with E-state index in [1.165, 1.54) is 83.8 Å². The average Bonchev–Trinajstić information content (AvgIpc) is 3.63. The van der Waals surface area contributed by atoms with Crippen LogP contribution in [0.25, 0.3) is 0 Å². The maximum absolute atomic E-state index is 8.68. The molecule has 0 aromatic carbocycles. The van der Waals surface area contributed by atoms with Crippen molar-refractivity contribution in [2.24, 2.45) is 28.7 Å². The van der Waals surface area contributed by atoms with Crippen molar-refractivity contribution in [2.75, 3.05) is 118 Å². The van der Waals surface area contributed by atoms with Gasteiger partial charge in [0.15, 0.2) is 0 Å². The lowest BCUT2D eigenvalue weighted by Crippen LogP contribution is -2.45. The maximum atomic E-state index is 8.68. The molecule has 0 spiro atoms. The molecule has 3 saturated heterocycles. The van der Waals surface area contributed by atoms with Gasteiger partial charge in [-0.25, -0.2) is 0 Å². The molecule has 0 aliphatic carbocycles. The molecule has 3 fully saturated rings. The van der Waals surface area contributed by atoms with Crippen LogP contribution in [0.15, 0.2) is 0 Å². The SMILES string of the molecule is CCCCCCCCCCCCN.CCCN.CCNNCC(C)O.NC1CCNC1.NCCCN1CCNCC1.NCCN1CCNCC1. The predicted molar refractivity (Wildman–Crippen MR) is 220 cm³/mol. The van der Waals surface area contributed by atoms with Crippen molar-refractivity contribution in [2.45, 2.75) is 123 Å². The van der Waals surface area contributed by atoms with Gasteiger partial charge in [-0.05, 0) is 65.3 Å². The molecule has 3 aliphatic rings. The monoisotopic (exact) mass is 721 g/mol. The van der Waals surface area contributed by atoms with E-state index in [1.54, 1.807) is 6.92 Å². The van der Waals surface area contributed by atoms with Crippen LogP contribution in [0.2, 0.25) is 0 Å². The van der Waals surface area contributed by atoms with Crippen molar-refractivity contribution in [1.82, 2.24) is 36.6 Å². The summed E-state index contributed by atoms with van der Waals surface area (Å²) >= 11 is 0. The molecule has 16 N–H and O–H groups in total. The van der Waals surface area contributed by atoms with E-state index in [-0.39, 0.29) is 6.10 Å². The lowest BCUT2D eigenvalue weighted by Gasteiger charge is -2.26. The summed E-state index contributed by atoms with van der Waals surface area (Å²) in [5.74, 6) is 0. The highest BCUT2D eigenvalue weighted by molar-refractivity contribution is 4.72. The van der Waals surface area contributed by atoms with Gasteiger partial charge in [-0.15, -0.1) is 0 Å². The third-order valence-electron chi connectivity index (χ3n) is 8.19. The molecule has 13 heteroatoms. The van der Waals surface area contributed by atoms with E-state index >= 15 is 0 Å². The van der Waals surface area contributed by atoms with Crippen LogP contribution >= 0.6 is 0 Å². The first-order valence-electron chi connectivity index (χ1n) is 20.6. The number of nitrogens with zero attached hydrogens (tertiary/aromatic N) is 2. The topological polar surface area (TPSA) is 217 Å². The second kappa shape index (κ2) is 48.5. The van der Waals surface area contributed by atoms with Gasteiger partial charge in [-0.2, -0.15) is 0 Å². The van der Waals surface area contributed by atoms with E-state index in [1.807, 2.05) is 6.92 Å².